The van der Waals surface area contributed by atoms with Crippen LogP contribution in [0, 0.1) is 0 Å². The SMILES string of the molecule is CCc1nnc(NC[C@H](C)Oc2ccccc2OC)nc1CC. The van der Waals surface area contributed by atoms with Crippen molar-refractivity contribution in [3.05, 3.63) is 35.7 Å². The zero-order valence-electron chi connectivity index (χ0n) is 14.2. The number of ether oxygens (including phenoxy) is 2. The molecular formula is C17H24N4O2. The fraction of sp³-hybridized carbons (Fsp3) is 0.471. The molecule has 6 nitrogen and oxygen atoms in total. The molecule has 0 fully saturated rings. The Bertz CT molecular complexity index is 634. The number of anilines is 1. The lowest BCUT2D eigenvalue weighted by molar-refractivity contribution is 0.223. The van der Waals surface area contributed by atoms with Crippen molar-refractivity contribution in [2.45, 2.75) is 39.7 Å². The van der Waals surface area contributed by atoms with Gasteiger partial charge < -0.3 is 14.8 Å². The molecular weight excluding hydrogens is 292 g/mol. The molecule has 0 spiro atoms. The lowest BCUT2D eigenvalue weighted by atomic mass is 10.2. The Hall–Kier alpha value is -2.37. The minimum Gasteiger partial charge on any atom is -0.493 e. The van der Waals surface area contributed by atoms with E-state index < -0.39 is 0 Å². The third kappa shape index (κ3) is 4.55. The van der Waals surface area contributed by atoms with Crippen molar-refractivity contribution in [2.24, 2.45) is 0 Å². The Morgan fingerprint density at radius 1 is 1.04 bits per heavy atom. The highest BCUT2D eigenvalue weighted by Crippen LogP contribution is 2.26. The van der Waals surface area contributed by atoms with Crippen LogP contribution in [0.25, 0.3) is 0 Å². The highest BCUT2D eigenvalue weighted by molar-refractivity contribution is 5.39. The van der Waals surface area contributed by atoms with E-state index in [1.165, 1.54) is 0 Å². The number of hydrogen-bond acceptors (Lipinski definition) is 6. The average Bonchev–Trinajstić information content (AvgIpc) is 2.60. The smallest absolute Gasteiger partial charge is 0.243 e. The van der Waals surface area contributed by atoms with E-state index in [0.29, 0.717) is 12.5 Å². The van der Waals surface area contributed by atoms with Crippen LogP contribution in [0.15, 0.2) is 24.3 Å². The van der Waals surface area contributed by atoms with Crippen LogP contribution >= 0.6 is 0 Å². The topological polar surface area (TPSA) is 69.2 Å². The first-order valence-corrected chi connectivity index (χ1v) is 7.93. The summed E-state index contributed by atoms with van der Waals surface area (Å²) >= 11 is 0. The van der Waals surface area contributed by atoms with Crippen LogP contribution in [0.1, 0.15) is 32.2 Å². The number of methoxy groups -OCH3 is 1. The van der Waals surface area contributed by atoms with Crippen molar-refractivity contribution in [3.8, 4) is 11.5 Å². The van der Waals surface area contributed by atoms with Crippen LogP contribution in [0.5, 0.6) is 11.5 Å². The molecule has 2 rings (SSSR count). The van der Waals surface area contributed by atoms with Crippen molar-refractivity contribution in [1.82, 2.24) is 15.2 Å². The molecule has 0 bridgehead atoms. The first-order valence-electron chi connectivity index (χ1n) is 7.93. The molecule has 1 heterocycles. The van der Waals surface area contributed by atoms with Crippen LogP contribution in [0.4, 0.5) is 5.95 Å². The van der Waals surface area contributed by atoms with Gasteiger partial charge in [-0.15, -0.1) is 5.10 Å². The highest BCUT2D eigenvalue weighted by atomic mass is 16.5. The first-order chi connectivity index (χ1) is 11.2. The second-order valence-electron chi connectivity index (χ2n) is 5.20. The van der Waals surface area contributed by atoms with E-state index in [1.807, 2.05) is 31.2 Å². The molecule has 0 unspecified atom stereocenters. The number of nitrogens with zero attached hydrogens (tertiary/aromatic N) is 3. The molecule has 0 amide bonds. The number of aromatic nitrogens is 3. The average molecular weight is 316 g/mol. The Kier molecular flexibility index (Phi) is 6.14. The number of aryl methyl sites for hydroxylation is 2. The fourth-order valence-corrected chi connectivity index (χ4v) is 2.22. The maximum Gasteiger partial charge on any atom is 0.243 e. The molecule has 0 aliphatic rings. The van der Waals surface area contributed by atoms with Gasteiger partial charge >= 0.3 is 0 Å². The molecule has 23 heavy (non-hydrogen) atoms. The number of para-hydroxylation sites is 2. The van der Waals surface area contributed by atoms with Gasteiger partial charge in [-0.25, -0.2) is 4.98 Å². The summed E-state index contributed by atoms with van der Waals surface area (Å²) in [6.45, 7) is 6.68. The maximum atomic E-state index is 5.90. The summed E-state index contributed by atoms with van der Waals surface area (Å²) in [5.74, 6) is 1.98. The van der Waals surface area contributed by atoms with Gasteiger partial charge in [0.2, 0.25) is 5.95 Å². The summed E-state index contributed by atoms with van der Waals surface area (Å²) in [6.07, 6.45) is 1.63. The normalized spacial score (nSPS) is 11.8. The Labute approximate surface area is 137 Å². The molecule has 1 aromatic heterocycles. The van der Waals surface area contributed by atoms with Gasteiger partial charge in [0.25, 0.3) is 0 Å². The monoisotopic (exact) mass is 316 g/mol. The summed E-state index contributed by atoms with van der Waals surface area (Å²) in [6, 6.07) is 7.59. The molecule has 0 aliphatic heterocycles. The first kappa shape index (κ1) is 17.0. The number of rotatable bonds is 8. The zero-order valence-corrected chi connectivity index (χ0v) is 14.2. The van der Waals surface area contributed by atoms with Gasteiger partial charge in [-0.2, -0.15) is 5.10 Å². The molecule has 6 heteroatoms. The van der Waals surface area contributed by atoms with E-state index >= 15 is 0 Å². The molecule has 2 aromatic rings. The van der Waals surface area contributed by atoms with E-state index in [0.717, 1.165) is 35.7 Å². The van der Waals surface area contributed by atoms with E-state index in [4.69, 9.17) is 9.47 Å². The van der Waals surface area contributed by atoms with Crippen LogP contribution in [0.2, 0.25) is 0 Å². The van der Waals surface area contributed by atoms with E-state index in [-0.39, 0.29) is 6.10 Å². The van der Waals surface area contributed by atoms with Crippen molar-refractivity contribution >= 4 is 5.95 Å². The summed E-state index contributed by atoms with van der Waals surface area (Å²) < 4.78 is 11.2. The molecule has 0 aliphatic carbocycles. The summed E-state index contributed by atoms with van der Waals surface area (Å²) in [4.78, 5) is 4.51. The number of nitrogens with one attached hydrogen (secondary N) is 1. The van der Waals surface area contributed by atoms with Crippen molar-refractivity contribution in [1.29, 1.82) is 0 Å². The Morgan fingerprint density at radius 3 is 2.39 bits per heavy atom. The van der Waals surface area contributed by atoms with Gasteiger partial charge in [-0.1, -0.05) is 26.0 Å². The molecule has 0 saturated carbocycles. The zero-order chi connectivity index (χ0) is 16.7. The molecule has 124 valence electrons. The summed E-state index contributed by atoms with van der Waals surface area (Å²) in [5, 5.41) is 11.5. The second-order valence-corrected chi connectivity index (χ2v) is 5.20. The standard InChI is InChI=1S/C17H24N4O2/c1-5-13-14(6-2)20-21-17(19-13)18-11-12(3)23-16-10-8-7-9-15(16)22-4/h7-10,12H,5-6,11H2,1-4H3,(H,18,19,21)/t12-/m0/s1. The van der Waals surface area contributed by atoms with E-state index in [9.17, 15) is 0 Å². The van der Waals surface area contributed by atoms with Gasteiger partial charge in [-0.3, -0.25) is 0 Å². The Morgan fingerprint density at radius 2 is 1.74 bits per heavy atom. The third-order valence-corrected chi connectivity index (χ3v) is 3.45. The molecule has 0 saturated heterocycles. The summed E-state index contributed by atoms with van der Waals surface area (Å²) in [7, 11) is 1.63. The molecule has 1 atom stereocenters. The van der Waals surface area contributed by atoms with Crippen LogP contribution in [0.3, 0.4) is 0 Å². The third-order valence-electron chi connectivity index (χ3n) is 3.45. The molecule has 1 N–H and O–H groups in total. The van der Waals surface area contributed by atoms with Gasteiger partial charge in [0.05, 0.1) is 25.0 Å². The van der Waals surface area contributed by atoms with Gasteiger partial charge in [0.1, 0.15) is 6.10 Å². The lowest BCUT2D eigenvalue weighted by Gasteiger charge is -2.17. The van der Waals surface area contributed by atoms with E-state index in [2.05, 4.69) is 34.3 Å². The minimum absolute atomic E-state index is 0.0640. The van der Waals surface area contributed by atoms with Crippen molar-refractivity contribution in [2.75, 3.05) is 19.0 Å². The number of benzene rings is 1. The van der Waals surface area contributed by atoms with Crippen molar-refractivity contribution < 1.29 is 9.47 Å². The lowest BCUT2D eigenvalue weighted by Crippen LogP contribution is -2.24. The predicted molar refractivity (Wildman–Crippen MR) is 90.2 cm³/mol. The van der Waals surface area contributed by atoms with Crippen LogP contribution < -0.4 is 14.8 Å². The highest BCUT2D eigenvalue weighted by Gasteiger charge is 2.10. The largest absolute Gasteiger partial charge is 0.493 e. The molecule has 0 radical (unpaired) electrons. The molecule has 1 aromatic carbocycles. The van der Waals surface area contributed by atoms with Gasteiger partial charge in [-0.05, 0) is 31.9 Å². The van der Waals surface area contributed by atoms with Crippen LogP contribution in [-0.4, -0.2) is 34.9 Å². The quantitative estimate of drug-likeness (QED) is 0.807. The fourth-order valence-electron chi connectivity index (χ4n) is 2.22. The number of hydrogen-bond donors (Lipinski definition) is 1. The van der Waals surface area contributed by atoms with Crippen LogP contribution in [-0.2, 0) is 12.8 Å². The predicted octanol–water partition coefficient (Wildman–Crippen LogP) is 2.88. The van der Waals surface area contributed by atoms with Gasteiger partial charge in [0, 0.05) is 0 Å². The minimum atomic E-state index is -0.0640. The Balaban J connectivity index is 1.95. The van der Waals surface area contributed by atoms with E-state index in [1.54, 1.807) is 7.11 Å². The van der Waals surface area contributed by atoms with Crippen molar-refractivity contribution in [3.63, 3.8) is 0 Å². The maximum absolute atomic E-state index is 5.90. The second kappa shape index (κ2) is 8.31. The van der Waals surface area contributed by atoms with Gasteiger partial charge in [0.15, 0.2) is 11.5 Å². The summed E-state index contributed by atoms with van der Waals surface area (Å²) in [5.41, 5.74) is 1.94.